The molecule has 0 saturated heterocycles. The lowest BCUT2D eigenvalue weighted by molar-refractivity contribution is -0.125. The predicted octanol–water partition coefficient (Wildman–Crippen LogP) is 0.0927. The van der Waals surface area contributed by atoms with E-state index in [-0.39, 0.29) is 12.5 Å². The van der Waals surface area contributed by atoms with Gasteiger partial charge in [0.05, 0.1) is 24.3 Å². The van der Waals surface area contributed by atoms with Crippen LogP contribution in [0.15, 0.2) is 11.4 Å². The Morgan fingerprint density at radius 3 is 2.80 bits per heavy atom. The van der Waals surface area contributed by atoms with E-state index in [2.05, 4.69) is 4.98 Å². The summed E-state index contributed by atoms with van der Waals surface area (Å²) in [6.07, 6.45) is 1.61. The molecule has 1 N–H and O–H groups in total. The highest BCUT2D eigenvalue weighted by Crippen LogP contribution is 2.17. The average molecular weight is 229 g/mol. The molecule has 0 fully saturated rings. The first-order valence-corrected chi connectivity index (χ1v) is 5.49. The molecule has 15 heavy (non-hydrogen) atoms. The molecule has 0 aliphatic carbocycles. The highest BCUT2D eigenvalue weighted by Gasteiger charge is 2.09. The maximum absolute atomic E-state index is 11.3. The molecule has 0 aliphatic rings. The van der Waals surface area contributed by atoms with Gasteiger partial charge in [0.2, 0.25) is 5.91 Å². The van der Waals surface area contributed by atoms with Gasteiger partial charge >= 0.3 is 0 Å². The monoisotopic (exact) mass is 229 g/mol. The normalized spacial score (nSPS) is 10.4. The highest BCUT2D eigenvalue weighted by atomic mass is 32.2. The van der Waals surface area contributed by atoms with Gasteiger partial charge in [0, 0.05) is 21.1 Å². The Morgan fingerprint density at radius 1 is 1.67 bits per heavy atom. The second-order valence-electron chi connectivity index (χ2n) is 3.33. The second kappa shape index (κ2) is 5.18. The zero-order valence-corrected chi connectivity index (χ0v) is 9.91. The molecule has 1 aromatic rings. The Bertz CT molecular complexity index is 349. The molecule has 1 aromatic heterocycles. The average Bonchev–Trinajstić information content (AvgIpc) is 2.55. The first kappa shape index (κ1) is 12.1. The van der Waals surface area contributed by atoms with E-state index in [1.807, 2.05) is 7.05 Å². The number of rotatable bonds is 4. The summed E-state index contributed by atoms with van der Waals surface area (Å²) in [6.45, 7) is -0.0360. The van der Waals surface area contributed by atoms with Gasteiger partial charge < -0.3 is 14.6 Å². The van der Waals surface area contributed by atoms with E-state index in [4.69, 9.17) is 5.11 Å². The van der Waals surface area contributed by atoms with Crippen LogP contribution in [0.25, 0.3) is 0 Å². The van der Waals surface area contributed by atoms with Crippen molar-refractivity contribution in [2.24, 2.45) is 7.05 Å². The van der Waals surface area contributed by atoms with Crippen LogP contribution in [-0.4, -0.2) is 45.3 Å². The van der Waals surface area contributed by atoms with Crippen molar-refractivity contribution in [3.8, 4) is 0 Å². The van der Waals surface area contributed by atoms with Gasteiger partial charge in [-0.05, 0) is 0 Å². The summed E-state index contributed by atoms with van der Waals surface area (Å²) < 4.78 is 1.79. The summed E-state index contributed by atoms with van der Waals surface area (Å²) in [5, 5.41) is 9.70. The summed E-state index contributed by atoms with van der Waals surface area (Å²) in [7, 11) is 5.27. The quantitative estimate of drug-likeness (QED) is 0.744. The number of hydrogen-bond acceptors (Lipinski definition) is 4. The van der Waals surface area contributed by atoms with Gasteiger partial charge in [0.15, 0.2) is 5.16 Å². The summed E-state index contributed by atoms with van der Waals surface area (Å²) in [5.74, 6) is 0.413. The molecule has 0 unspecified atom stereocenters. The topological polar surface area (TPSA) is 58.4 Å². The summed E-state index contributed by atoms with van der Waals surface area (Å²) >= 11 is 1.37. The third-order valence-electron chi connectivity index (χ3n) is 2.03. The number of amides is 1. The molecule has 0 aliphatic heterocycles. The molecule has 1 rings (SSSR count). The third-order valence-corrected chi connectivity index (χ3v) is 3.06. The number of nitrogens with zero attached hydrogens (tertiary/aromatic N) is 3. The van der Waals surface area contributed by atoms with E-state index < -0.39 is 0 Å². The lowest BCUT2D eigenvalue weighted by atomic mass is 10.5. The van der Waals surface area contributed by atoms with Crippen LogP contribution in [0, 0.1) is 0 Å². The SMILES string of the molecule is CN(C)C(=O)CSc1ncc(CO)n1C. The molecule has 0 spiro atoms. The number of aliphatic hydroxyl groups is 1. The summed E-state index contributed by atoms with van der Waals surface area (Å²) in [4.78, 5) is 17.0. The minimum absolute atomic E-state index is 0.0360. The van der Waals surface area contributed by atoms with Gasteiger partial charge in [0.1, 0.15) is 0 Å². The molecule has 6 heteroatoms. The molecular formula is C9H15N3O2S. The Balaban J connectivity index is 2.58. The fraction of sp³-hybridized carbons (Fsp3) is 0.556. The van der Waals surface area contributed by atoms with Crippen LogP contribution in [0.2, 0.25) is 0 Å². The Hall–Kier alpha value is -1.01. The van der Waals surface area contributed by atoms with Crippen LogP contribution in [0.1, 0.15) is 5.69 Å². The summed E-state index contributed by atoms with van der Waals surface area (Å²) in [5.41, 5.74) is 0.745. The van der Waals surface area contributed by atoms with Crippen molar-refractivity contribution in [3.63, 3.8) is 0 Å². The molecular weight excluding hydrogens is 214 g/mol. The zero-order chi connectivity index (χ0) is 11.4. The summed E-state index contributed by atoms with van der Waals surface area (Å²) in [6, 6.07) is 0. The van der Waals surface area contributed by atoms with E-state index in [9.17, 15) is 4.79 Å². The minimum atomic E-state index is -0.0360. The zero-order valence-electron chi connectivity index (χ0n) is 9.10. The molecule has 0 bridgehead atoms. The largest absolute Gasteiger partial charge is 0.390 e. The number of aliphatic hydroxyl groups excluding tert-OH is 1. The smallest absolute Gasteiger partial charge is 0.232 e. The number of hydrogen-bond donors (Lipinski definition) is 1. The number of imidazole rings is 1. The van der Waals surface area contributed by atoms with Crippen molar-refractivity contribution in [2.75, 3.05) is 19.8 Å². The third kappa shape index (κ3) is 2.97. The van der Waals surface area contributed by atoms with E-state index in [0.29, 0.717) is 5.75 Å². The first-order chi connectivity index (χ1) is 7.06. The van der Waals surface area contributed by atoms with Gasteiger partial charge in [-0.3, -0.25) is 4.79 Å². The van der Waals surface area contributed by atoms with Crippen molar-refractivity contribution in [1.29, 1.82) is 0 Å². The van der Waals surface area contributed by atoms with Gasteiger partial charge in [-0.25, -0.2) is 4.98 Å². The van der Waals surface area contributed by atoms with Crippen LogP contribution in [-0.2, 0) is 18.4 Å². The predicted molar refractivity (Wildman–Crippen MR) is 58.5 cm³/mol. The van der Waals surface area contributed by atoms with Crippen molar-refractivity contribution in [3.05, 3.63) is 11.9 Å². The maximum Gasteiger partial charge on any atom is 0.232 e. The molecule has 1 heterocycles. The lowest BCUT2D eigenvalue weighted by Gasteiger charge is -2.09. The highest BCUT2D eigenvalue weighted by molar-refractivity contribution is 7.99. The van der Waals surface area contributed by atoms with Crippen LogP contribution >= 0.6 is 11.8 Å². The van der Waals surface area contributed by atoms with Crippen molar-refractivity contribution in [1.82, 2.24) is 14.5 Å². The van der Waals surface area contributed by atoms with Gasteiger partial charge in [0.25, 0.3) is 0 Å². The van der Waals surface area contributed by atoms with E-state index in [0.717, 1.165) is 10.9 Å². The number of carbonyl (C=O) groups excluding carboxylic acids is 1. The maximum atomic E-state index is 11.3. The molecule has 5 nitrogen and oxygen atoms in total. The molecule has 1 amide bonds. The van der Waals surface area contributed by atoms with E-state index >= 15 is 0 Å². The molecule has 84 valence electrons. The van der Waals surface area contributed by atoms with Crippen LogP contribution < -0.4 is 0 Å². The van der Waals surface area contributed by atoms with Crippen LogP contribution in [0.3, 0.4) is 0 Å². The second-order valence-corrected chi connectivity index (χ2v) is 4.27. The van der Waals surface area contributed by atoms with Crippen molar-refractivity contribution in [2.45, 2.75) is 11.8 Å². The van der Waals surface area contributed by atoms with Crippen molar-refractivity contribution < 1.29 is 9.90 Å². The Labute approximate surface area is 93.1 Å². The number of aromatic nitrogens is 2. The fourth-order valence-electron chi connectivity index (χ4n) is 0.962. The standard InChI is InChI=1S/C9H15N3O2S/c1-11(2)8(14)6-15-9-10-4-7(5-13)12(9)3/h4,13H,5-6H2,1-3H3. The first-order valence-electron chi connectivity index (χ1n) is 4.50. The number of carbonyl (C=O) groups is 1. The van der Waals surface area contributed by atoms with Gasteiger partial charge in [-0.15, -0.1) is 0 Å². The Kier molecular flexibility index (Phi) is 4.16. The molecule has 0 radical (unpaired) electrons. The molecule has 0 aromatic carbocycles. The fourth-order valence-corrected chi connectivity index (χ4v) is 1.91. The van der Waals surface area contributed by atoms with Crippen LogP contribution in [0.4, 0.5) is 0 Å². The minimum Gasteiger partial charge on any atom is -0.390 e. The van der Waals surface area contributed by atoms with Crippen molar-refractivity contribution >= 4 is 17.7 Å². The van der Waals surface area contributed by atoms with E-state index in [1.54, 1.807) is 29.8 Å². The van der Waals surface area contributed by atoms with E-state index in [1.165, 1.54) is 11.8 Å². The molecule has 0 atom stereocenters. The van der Waals surface area contributed by atoms with Gasteiger partial charge in [-0.1, -0.05) is 11.8 Å². The molecule has 0 saturated carbocycles. The van der Waals surface area contributed by atoms with Gasteiger partial charge in [-0.2, -0.15) is 0 Å². The lowest BCUT2D eigenvalue weighted by Crippen LogP contribution is -2.23. The number of thioether (sulfide) groups is 1. The van der Waals surface area contributed by atoms with Crippen LogP contribution in [0.5, 0.6) is 0 Å². The Morgan fingerprint density at radius 2 is 2.33 bits per heavy atom.